The predicted octanol–water partition coefficient (Wildman–Crippen LogP) is 2.05. The Kier molecular flexibility index (Phi) is 4.89. The van der Waals surface area contributed by atoms with Crippen molar-refractivity contribution in [2.45, 2.75) is 26.2 Å². The van der Waals surface area contributed by atoms with E-state index < -0.39 is 4.92 Å². The van der Waals surface area contributed by atoms with Crippen LogP contribution in [0.5, 0.6) is 0 Å². The molecule has 0 aliphatic heterocycles. The van der Waals surface area contributed by atoms with E-state index in [1.165, 1.54) is 6.33 Å². The van der Waals surface area contributed by atoms with Gasteiger partial charge in [-0.3, -0.25) is 10.1 Å². The van der Waals surface area contributed by atoms with Crippen LogP contribution in [0.1, 0.15) is 26.2 Å². The van der Waals surface area contributed by atoms with Crippen LogP contribution in [0, 0.1) is 15.5 Å². The molecule has 0 atom stereocenters. The minimum absolute atomic E-state index is 0.0955. The zero-order chi connectivity index (χ0) is 15.3. The van der Waals surface area contributed by atoms with E-state index in [2.05, 4.69) is 20.6 Å². The average Bonchev–Trinajstić information content (AvgIpc) is 3.24. The summed E-state index contributed by atoms with van der Waals surface area (Å²) in [6, 6.07) is 0. The molecule has 1 heterocycles. The first-order valence-corrected chi connectivity index (χ1v) is 7.08. The molecule has 0 bridgehead atoms. The molecule has 2 rings (SSSR count). The van der Waals surface area contributed by atoms with Crippen LogP contribution in [0.4, 0.5) is 17.3 Å². The van der Waals surface area contributed by atoms with Gasteiger partial charge in [-0.15, -0.1) is 0 Å². The lowest BCUT2D eigenvalue weighted by Gasteiger charge is -2.16. The summed E-state index contributed by atoms with van der Waals surface area (Å²) in [6.45, 7) is 3.80. The molecular weight excluding hydrogens is 274 g/mol. The smallest absolute Gasteiger partial charge is 0.353 e. The molecule has 1 saturated carbocycles. The van der Waals surface area contributed by atoms with Crippen molar-refractivity contribution >= 4 is 17.3 Å². The van der Waals surface area contributed by atoms with E-state index >= 15 is 0 Å². The molecule has 1 aromatic heterocycles. The minimum atomic E-state index is -0.449. The summed E-state index contributed by atoms with van der Waals surface area (Å²) in [5.74, 6) is 0.524. The largest absolute Gasteiger partial charge is 0.385 e. The summed E-state index contributed by atoms with van der Waals surface area (Å²) in [5, 5.41) is 17.3. The summed E-state index contributed by atoms with van der Waals surface area (Å²) < 4.78 is 5.11. The molecule has 1 aliphatic rings. The van der Waals surface area contributed by atoms with Gasteiger partial charge in [0, 0.05) is 26.8 Å². The first-order chi connectivity index (χ1) is 10.1. The fourth-order valence-corrected chi connectivity index (χ4v) is 2.26. The van der Waals surface area contributed by atoms with Crippen LogP contribution in [0.2, 0.25) is 0 Å². The molecule has 0 radical (unpaired) electrons. The van der Waals surface area contributed by atoms with Crippen molar-refractivity contribution in [3.05, 3.63) is 16.4 Å². The van der Waals surface area contributed by atoms with Gasteiger partial charge in [-0.1, -0.05) is 0 Å². The van der Waals surface area contributed by atoms with E-state index in [9.17, 15) is 10.1 Å². The summed E-state index contributed by atoms with van der Waals surface area (Å²) in [5.41, 5.74) is 0.0922. The summed E-state index contributed by atoms with van der Waals surface area (Å²) >= 11 is 0. The van der Waals surface area contributed by atoms with Gasteiger partial charge in [0.05, 0.1) is 4.92 Å². The van der Waals surface area contributed by atoms with E-state index in [4.69, 9.17) is 4.74 Å². The van der Waals surface area contributed by atoms with E-state index in [1.807, 2.05) is 6.92 Å². The molecule has 2 N–H and O–H groups in total. The van der Waals surface area contributed by atoms with Crippen LogP contribution in [0.3, 0.4) is 0 Å². The van der Waals surface area contributed by atoms with Crippen LogP contribution in [0.25, 0.3) is 0 Å². The van der Waals surface area contributed by atoms with Gasteiger partial charge in [-0.05, 0) is 31.6 Å². The normalized spacial score (nSPS) is 15.5. The number of nitro groups is 1. The molecule has 1 aromatic rings. The first-order valence-electron chi connectivity index (χ1n) is 7.08. The van der Waals surface area contributed by atoms with Gasteiger partial charge < -0.3 is 15.4 Å². The first kappa shape index (κ1) is 15.4. The Morgan fingerprint density at radius 2 is 2.05 bits per heavy atom. The number of rotatable bonds is 9. The van der Waals surface area contributed by atoms with Gasteiger partial charge in [0.15, 0.2) is 0 Å². The number of hydrogen-bond donors (Lipinski definition) is 2. The lowest BCUT2D eigenvalue weighted by Crippen LogP contribution is -2.19. The van der Waals surface area contributed by atoms with Gasteiger partial charge in [0.1, 0.15) is 6.33 Å². The number of methoxy groups -OCH3 is 1. The van der Waals surface area contributed by atoms with Crippen molar-refractivity contribution in [3.63, 3.8) is 0 Å². The third kappa shape index (κ3) is 3.78. The monoisotopic (exact) mass is 295 g/mol. The van der Waals surface area contributed by atoms with E-state index in [0.717, 1.165) is 19.3 Å². The second kappa shape index (κ2) is 6.66. The third-order valence-electron chi connectivity index (χ3n) is 3.77. The molecule has 0 spiro atoms. The van der Waals surface area contributed by atoms with Gasteiger partial charge in [0.25, 0.3) is 0 Å². The van der Waals surface area contributed by atoms with Gasteiger partial charge in [-0.25, -0.2) is 9.97 Å². The fourth-order valence-electron chi connectivity index (χ4n) is 2.26. The molecule has 1 fully saturated rings. The van der Waals surface area contributed by atoms with Crippen LogP contribution in [-0.2, 0) is 4.74 Å². The Labute approximate surface area is 123 Å². The van der Waals surface area contributed by atoms with Gasteiger partial charge in [0.2, 0.25) is 11.6 Å². The molecule has 21 heavy (non-hydrogen) atoms. The molecule has 0 unspecified atom stereocenters. The Morgan fingerprint density at radius 1 is 1.38 bits per heavy atom. The van der Waals surface area contributed by atoms with E-state index in [0.29, 0.717) is 19.7 Å². The average molecular weight is 295 g/mol. The maximum absolute atomic E-state index is 11.3. The Balaban J connectivity index is 2.09. The maximum atomic E-state index is 11.3. The van der Waals surface area contributed by atoms with Crippen LogP contribution in [-0.4, -0.2) is 41.7 Å². The number of anilines is 2. The highest BCUT2D eigenvalue weighted by molar-refractivity contribution is 5.69. The third-order valence-corrected chi connectivity index (χ3v) is 3.77. The molecular formula is C13H21N5O3. The molecule has 0 saturated heterocycles. The van der Waals surface area contributed by atoms with Crippen molar-refractivity contribution in [1.82, 2.24) is 9.97 Å². The second-order valence-corrected chi connectivity index (χ2v) is 5.30. The number of nitrogens with one attached hydrogen (secondary N) is 2. The van der Waals surface area contributed by atoms with Crippen LogP contribution in [0.15, 0.2) is 6.33 Å². The highest BCUT2D eigenvalue weighted by atomic mass is 16.6. The number of ether oxygens (including phenoxy) is 1. The Morgan fingerprint density at radius 3 is 2.57 bits per heavy atom. The Bertz CT molecular complexity index is 505. The zero-order valence-corrected chi connectivity index (χ0v) is 12.4. The van der Waals surface area contributed by atoms with Gasteiger partial charge >= 0.3 is 5.69 Å². The number of nitrogens with zero attached hydrogens (tertiary/aromatic N) is 3. The number of aromatic nitrogens is 2. The zero-order valence-electron chi connectivity index (χ0n) is 12.4. The predicted molar refractivity (Wildman–Crippen MR) is 79.5 cm³/mol. The number of hydrogen-bond acceptors (Lipinski definition) is 7. The topological polar surface area (TPSA) is 102 Å². The summed E-state index contributed by atoms with van der Waals surface area (Å²) in [7, 11) is 1.68. The molecule has 1 aliphatic carbocycles. The van der Waals surface area contributed by atoms with Crippen molar-refractivity contribution < 1.29 is 9.66 Å². The maximum Gasteiger partial charge on any atom is 0.353 e. The van der Waals surface area contributed by atoms with Crippen LogP contribution >= 0.6 is 0 Å². The molecule has 116 valence electrons. The quantitative estimate of drug-likeness (QED) is 0.531. The van der Waals surface area contributed by atoms with E-state index in [-0.39, 0.29) is 22.7 Å². The summed E-state index contributed by atoms with van der Waals surface area (Å²) in [6.07, 6.45) is 4.52. The van der Waals surface area contributed by atoms with Crippen LogP contribution < -0.4 is 10.6 Å². The SMILES string of the molecule is CCNc1ncnc(NCC2(CCOC)CC2)c1[N+](=O)[O-]. The molecule has 0 amide bonds. The second-order valence-electron chi connectivity index (χ2n) is 5.30. The van der Waals surface area contributed by atoms with Crippen molar-refractivity contribution in [2.75, 3.05) is 37.4 Å². The van der Waals surface area contributed by atoms with Crippen molar-refractivity contribution in [2.24, 2.45) is 5.41 Å². The fraction of sp³-hybridized carbons (Fsp3) is 0.692. The molecule has 8 nitrogen and oxygen atoms in total. The Hall–Kier alpha value is -1.96. The highest BCUT2D eigenvalue weighted by Crippen LogP contribution is 2.49. The van der Waals surface area contributed by atoms with Crippen molar-refractivity contribution in [1.29, 1.82) is 0 Å². The lowest BCUT2D eigenvalue weighted by atomic mass is 10.0. The standard InChI is InChI=1S/C13H21N5O3/c1-3-14-11-10(18(19)20)12(17-9-16-11)15-8-13(4-5-13)6-7-21-2/h9H,3-8H2,1-2H3,(H2,14,15,16,17). The molecule has 8 heteroatoms. The van der Waals surface area contributed by atoms with Gasteiger partial charge in [-0.2, -0.15) is 0 Å². The molecule has 0 aromatic carbocycles. The minimum Gasteiger partial charge on any atom is -0.385 e. The van der Waals surface area contributed by atoms with Crippen molar-refractivity contribution in [3.8, 4) is 0 Å². The highest BCUT2D eigenvalue weighted by Gasteiger charge is 2.42. The lowest BCUT2D eigenvalue weighted by molar-refractivity contribution is -0.383. The van der Waals surface area contributed by atoms with E-state index in [1.54, 1.807) is 7.11 Å². The summed E-state index contributed by atoms with van der Waals surface area (Å²) in [4.78, 5) is 18.8.